The van der Waals surface area contributed by atoms with E-state index in [1.165, 1.54) is 37.7 Å². The molecule has 1 amide bonds. The summed E-state index contributed by atoms with van der Waals surface area (Å²) in [5.41, 5.74) is 3.15. The first kappa shape index (κ1) is 27.1. The van der Waals surface area contributed by atoms with E-state index in [-0.39, 0.29) is 22.4 Å². The highest BCUT2D eigenvalue weighted by atomic mass is 32.2. The Morgan fingerprint density at radius 3 is 2.71 bits per heavy atom. The number of anilines is 1. The zero-order chi connectivity index (χ0) is 26.2. The van der Waals surface area contributed by atoms with E-state index in [0.29, 0.717) is 12.4 Å². The summed E-state index contributed by atoms with van der Waals surface area (Å²) in [6.45, 7) is 5.78. The summed E-state index contributed by atoms with van der Waals surface area (Å²) in [4.78, 5) is 21.9. The van der Waals surface area contributed by atoms with Crippen LogP contribution in [-0.4, -0.2) is 45.6 Å². The number of hydrogen-bond donors (Lipinski definition) is 4. The van der Waals surface area contributed by atoms with E-state index >= 15 is 0 Å². The highest BCUT2D eigenvalue weighted by Gasteiger charge is 2.43. The van der Waals surface area contributed by atoms with Crippen molar-refractivity contribution in [2.45, 2.75) is 75.2 Å². The maximum atomic E-state index is 12.9. The van der Waals surface area contributed by atoms with Crippen molar-refractivity contribution in [3.8, 4) is 0 Å². The molecule has 2 fully saturated rings. The van der Waals surface area contributed by atoms with Crippen molar-refractivity contribution >= 4 is 34.4 Å². The minimum atomic E-state index is -0.0833. The van der Waals surface area contributed by atoms with Gasteiger partial charge in [0.2, 0.25) is 5.91 Å². The number of aromatic nitrogens is 2. The van der Waals surface area contributed by atoms with Gasteiger partial charge >= 0.3 is 0 Å². The third-order valence-electron chi connectivity index (χ3n) is 7.62. The predicted molar refractivity (Wildman–Crippen MR) is 157 cm³/mol. The summed E-state index contributed by atoms with van der Waals surface area (Å²) < 4.78 is 0. The van der Waals surface area contributed by atoms with Crippen LogP contribution in [0.5, 0.6) is 0 Å². The molecule has 2 aromatic heterocycles. The molecule has 7 nitrogen and oxygen atoms in total. The van der Waals surface area contributed by atoms with Gasteiger partial charge in [-0.3, -0.25) is 15.1 Å². The minimum absolute atomic E-state index is 0.0176. The van der Waals surface area contributed by atoms with Gasteiger partial charge in [0.15, 0.2) is 0 Å². The SMILES string of the molecule is C[C@@H]1C(NCc2ccccn2)SC1C(=O)Nc1ccc2cc(CNCCCNC3CCCCC3)ccc2n1. The van der Waals surface area contributed by atoms with Crippen LogP contribution in [0, 0.1) is 5.92 Å². The number of hydrogen-bond acceptors (Lipinski definition) is 7. The van der Waals surface area contributed by atoms with E-state index in [9.17, 15) is 4.79 Å². The fourth-order valence-corrected chi connectivity index (χ4v) is 6.54. The monoisotopic (exact) mass is 532 g/mol. The highest BCUT2D eigenvalue weighted by Crippen LogP contribution is 2.41. The molecule has 38 heavy (non-hydrogen) atoms. The Morgan fingerprint density at radius 1 is 1.00 bits per heavy atom. The molecule has 1 aromatic carbocycles. The average molecular weight is 533 g/mol. The number of benzene rings is 1. The van der Waals surface area contributed by atoms with Gasteiger partial charge in [-0.1, -0.05) is 38.3 Å². The average Bonchev–Trinajstić information content (AvgIpc) is 2.95. The molecule has 0 bridgehead atoms. The van der Waals surface area contributed by atoms with E-state index in [1.54, 1.807) is 18.0 Å². The van der Waals surface area contributed by atoms with Crippen LogP contribution >= 0.6 is 11.8 Å². The van der Waals surface area contributed by atoms with Gasteiger partial charge in [0.1, 0.15) is 5.82 Å². The molecule has 1 aliphatic carbocycles. The number of pyridine rings is 2. The molecule has 4 N–H and O–H groups in total. The van der Waals surface area contributed by atoms with Crippen molar-refractivity contribution in [2.75, 3.05) is 18.4 Å². The van der Waals surface area contributed by atoms with Crippen molar-refractivity contribution in [2.24, 2.45) is 5.92 Å². The normalized spacial score (nSPS) is 21.8. The zero-order valence-electron chi connectivity index (χ0n) is 22.3. The maximum Gasteiger partial charge on any atom is 0.239 e. The van der Waals surface area contributed by atoms with Crippen LogP contribution in [-0.2, 0) is 17.9 Å². The van der Waals surface area contributed by atoms with Gasteiger partial charge in [-0.2, -0.15) is 0 Å². The maximum absolute atomic E-state index is 12.9. The summed E-state index contributed by atoms with van der Waals surface area (Å²) >= 11 is 1.66. The van der Waals surface area contributed by atoms with E-state index < -0.39 is 0 Å². The Bertz CT molecular complexity index is 1190. The quantitative estimate of drug-likeness (QED) is 0.248. The van der Waals surface area contributed by atoms with Gasteiger partial charge in [-0.25, -0.2) is 4.98 Å². The van der Waals surface area contributed by atoms with Crippen LogP contribution in [0.25, 0.3) is 10.9 Å². The van der Waals surface area contributed by atoms with Crippen LogP contribution in [0.4, 0.5) is 5.82 Å². The summed E-state index contributed by atoms with van der Waals surface area (Å²) in [6.07, 6.45) is 9.80. The molecule has 3 atom stereocenters. The lowest BCUT2D eigenvalue weighted by Gasteiger charge is -2.41. The molecular weight excluding hydrogens is 492 g/mol. The molecule has 202 valence electrons. The second-order valence-electron chi connectivity index (χ2n) is 10.6. The fraction of sp³-hybridized carbons (Fsp3) is 0.500. The molecule has 2 aliphatic rings. The number of nitrogens with one attached hydrogen (secondary N) is 4. The van der Waals surface area contributed by atoms with Gasteiger partial charge < -0.3 is 16.0 Å². The van der Waals surface area contributed by atoms with Crippen molar-refractivity contribution in [3.63, 3.8) is 0 Å². The second-order valence-corrected chi connectivity index (χ2v) is 11.9. The van der Waals surface area contributed by atoms with Crippen molar-refractivity contribution in [1.82, 2.24) is 25.9 Å². The predicted octanol–water partition coefficient (Wildman–Crippen LogP) is 4.84. The first-order chi connectivity index (χ1) is 18.7. The molecule has 3 heterocycles. The minimum Gasteiger partial charge on any atom is -0.314 e. The van der Waals surface area contributed by atoms with E-state index in [0.717, 1.165) is 48.7 Å². The Morgan fingerprint density at radius 2 is 1.89 bits per heavy atom. The smallest absolute Gasteiger partial charge is 0.239 e. The van der Waals surface area contributed by atoms with Gasteiger partial charge in [0.25, 0.3) is 0 Å². The molecule has 2 unspecified atom stereocenters. The summed E-state index contributed by atoms with van der Waals surface area (Å²) in [7, 11) is 0. The third kappa shape index (κ3) is 7.32. The van der Waals surface area contributed by atoms with Gasteiger partial charge in [0, 0.05) is 36.6 Å². The van der Waals surface area contributed by atoms with Crippen molar-refractivity contribution < 1.29 is 4.79 Å². The molecule has 1 saturated carbocycles. The highest BCUT2D eigenvalue weighted by molar-refractivity contribution is 8.02. The van der Waals surface area contributed by atoms with Gasteiger partial charge in [-0.05, 0) is 74.3 Å². The van der Waals surface area contributed by atoms with Gasteiger partial charge in [-0.15, -0.1) is 11.8 Å². The van der Waals surface area contributed by atoms with Crippen molar-refractivity contribution in [3.05, 3.63) is 66.0 Å². The topological polar surface area (TPSA) is 91.0 Å². The molecule has 3 aromatic rings. The van der Waals surface area contributed by atoms with E-state index in [2.05, 4.69) is 50.3 Å². The number of fused-ring (bicyclic) bond motifs is 1. The number of nitrogens with zero attached hydrogens (tertiary/aromatic N) is 2. The summed E-state index contributed by atoms with van der Waals surface area (Å²) in [5, 5.41) is 15.0. The standard InChI is InChI=1S/C30H40N6OS/c1-21-28(38-30(21)34-20-25-10-5-6-16-33-25)29(37)36-27-14-12-23-18-22(11-13-26(23)35-27)19-31-15-7-17-32-24-8-3-2-4-9-24/h5-6,10-14,16,18,21,24,28,30-32,34H,2-4,7-9,15,17,19-20H2,1H3,(H,35,36,37)/t21-,28?,30?/m0/s1. The van der Waals surface area contributed by atoms with Gasteiger partial charge in [0.05, 0.1) is 21.8 Å². The van der Waals surface area contributed by atoms with Crippen LogP contribution < -0.4 is 21.3 Å². The number of rotatable bonds is 12. The lowest BCUT2D eigenvalue weighted by Crippen LogP contribution is -2.52. The summed E-state index contributed by atoms with van der Waals surface area (Å²) in [5.74, 6) is 0.864. The fourth-order valence-electron chi connectivity index (χ4n) is 5.33. The number of thioether (sulfide) groups is 1. The van der Waals surface area contributed by atoms with Crippen LogP contribution in [0.15, 0.2) is 54.7 Å². The van der Waals surface area contributed by atoms with Crippen LogP contribution in [0.2, 0.25) is 0 Å². The first-order valence-corrected chi connectivity index (χ1v) is 15.0. The number of carbonyl (C=O) groups is 1. The van der Waals surface area contributed by atoms with E-state index in [4.69, 9.17) is 0 Å². The lowest BCUT2D eigenvalue weighted by atomic mass is 9.95. The lowest BCUT2D eigenvalue weighted by molar-refractivity contribution is -0.116. The molecule has 1 aliphatic heterocycles. The number of amides is 1. The van der Waals surface area contributed by atoms with Crippen LogP contribution in [0.3, 0.4) is 0 Å². The first-order valence-electron chi connectivity index (χ1n) is 14.1. The molecule has 0 radical (unpaired) electrons. The molecular formula is C30H40N6OS. The molecule has 8 heteroatoms. The molecule has 1 saturated heterocycles. The molecule has 5 rings (SSSR count). The molecule has 0 spiro atoms. The number of carbonyl (C=O) groups excluding carboxylic acids is 1. The van der Waals surface area contributed by atoms with Crippen molar-refractivity contribution in [1.29, 1.82) is 0 Å². The Hall–Kier alpha value is -2.52. The van der Waals surface area contributed by atoms with E-state index in [1.807, 2.05) is 36.4 Å². The Labute approximate surface area is 230 Å². The third-order valence-corrected chi connectivity index (χ3v) is 9.45. The second kappa shape index (κ2) is 13.5. The summed E-state index contributed by atoms with van der Waals surface area (Å²) in [6, 6.07) is 16.9. The zero-order valence-corrected chi connectivity index (χ0v) is 23.1. The largest absolute Gasteiger partial charge is 0.314 e. The Kier molecular flexibility index (Phi) is 9.62. The van der Waals surface area contributed by atoms with Crippen LogP contribution in [0.1, 0.15) is 56.7 Å². The Balaban J connectivity index is 1.03.